The summed E-state index contributed by atoms with van der Waals surface area (Å²) in [6.45, 7) is 0.601. The highest BCUT2D eigenvalue weighted by atomic mass is 16.7. The van der Waals surface area contributed by atoms with Gasteiger partial charge in [-0.3, -0.25) is 9.59 Å². The first-order valence-electron chi connectivity index (χ1n) is 10.5. The molecule has 1 aliphatic rings. The van der Waals surface area contributed by atoms with Crippen LogP contribution in [0.5, 0.6) is 28.7 Å². The lowest BCUT2D eigenvalue weighted by atomic mass is 9.99. The lowest BCUT2D eigenvalue weighted by Gasteiger charge is -2.39. The number of rotatable bonds is 5. The third-order valence-corrected chi connectivity index (χ3v) is 5.51. The van der Waals surface area contributed by atoms with Crippen LogP contribution in [-0.4, -0.2) is 79.0 Å². The minimum Gasteiger partial charge on any atom is -0.508 e. The van der Waals surface area contributed by atoms with E-state index >= 15 is 0 Å². The zero-order valence-electron chi connectivity index (χ0n) is 18.6. The number of fused-ring (bicyclic) bond motifs is 1. The summed E-state index contributed by atoms with van der Waals surface area (Å²) in [5.74, 6) is -3.84. The van der Waals surface area contributed by atoms with Gasteiger partial charge >= 0.3 is 5.97 Å². The molecule has 0 spiro atoms. The standard InChI is InChI=1S/C23H22O13/c1-8(24)33-7-15-17(29)19(31)20(32)23(35-15)36-22-18(30)16-13(28)5-10(25)6-14(16)34-21(22)9-2-3-11(26)12(27)4-9/h2-6,15,17,19-20,23,25-29,31-32H,7H2,1H3/t15-,17+,19+,20+,23+/m1/s1. The molecule has 13 nitrogen and oxygen atoms in total. The smallest absolute Gasteiger partial charge is 0.302 e. The molecule has 1 aromatic heterocycles. The summed E-state index contributed by atoms with van der Waals surface area (Å²) in [5.41, 5.74) is -1.24. The molecule has 2 heterocycles. The molecule has 5 atom stereocenters. The van der Waals surface area contributed by atoms with Gasteiger partial charge in [-0.1, -0.05) is 0 Å². The van der Waals surface area contributed by atoms with E-state index in [9.17, 15) is 45.3 Å². The second kappa shape index (κ2) is 9.54. The minimum atomic E-state index is -1.89. The van der Waals surface area contributed by atoms with Gasteiger partial charge in [0, 0.05) is 24.6 Å². The highest BCUT2D eigenvalue weighted by Crippen LogP contribution is 2.39. The molecule has 0 amide bonds. The second-order valence-electron chi connectivity index (χ2n) is 8.07. The minimum absolute atomic E-state index is 0.00415. The van der Waals surface area contributed by atoms with Gasteiger partial charge in [0.15, 0.2) is 17.3 Å². The van der Waals surface area contributed by atoms with Gasteiger partial charge in [-0.2, -0.15) is 0 Å². The Kier molecular flexibility index (Phi) is 6.65. The van der Waals surface area contributed by atoms with Crippen LogP contribution in [0.1, 0.15) is 6.92 Å². The van der Waals surface area contributed by atoms with Gasteiger partial charge in [-0.15, -0.1) is 0 Å². The van der Waals surface area contributed by atoms with E-state index in [-0.39, 0.29) is 16.9 Å². The third kappa shape index (κ3) is 4.59. The van der Waals surface area contributed by atoms with E-state index in [2.05, 4.69) is 0 Å². The van der Waals surface area contributed by atoms with Gasteiger partial charge in [0.05, 0.1) is 0 Å². The van der Waals surface area contributed by atoms with Crippen LogP contribution in [-0.2, 0) is 14.3 Å². The summed E-state index contributed by atoms with van der Waals surface area (Å²) >= 11 is 0. The molecular formula is C23H22O13. The molecule has 36 heavy (non-hydrogen) atoms. The predicted octanol–water partition coefficient (Wildman–Crippen LogP) is 0.0319. The highest BCUT2D eigenvalue weighted by molar-refractivity contribution is 5.88. The van der Waals surface area contributed by atoms with Gasteiger partial charge < -0.3 is 54.4 Å². The van der Waals surface area contributed by atoms with Crippen molar-refractivity contribution in [1.29, 1.82) is 0 Å². The zero-order chi connectivity index (χ0) is 26.3. The Bertz CT molecular complexity index is 1360. The summed E-state index contributed by atoms with van der Waals surface area (Å²) in [5, 5.41) is 70.1. The van der Waals surface area contributed by atoms with E-state index in [1.165, 1.54) is 6.07 Å². The van der Waals surface area contributed by atoms with Crippen molar-refractivity contribution in [2.45, 2.75) is 37.6 Å². The number of hydrogen-bond donors (Lipinski definition) is 7. The van der Waals surface area contributed by atoms with Crippen molar-refractivity contribution in [2.24, 2.45) is 0 Å². The number of carbonyl (C=O) groups is 1. The molecule has 2 aromatic carbocycles. The first-order valence-corrected chi connectivity index (χ1v) is 10.5. The molecule has 0 bridgehead atoms. The number of esters is 1. The monoisotopic (exact) mass is 506 g/mol. The van der Waals surface area contributed by atoms with Gasteiger partial charge in [-0.25, -0.2) is 0 Å². The molecule has 192 valence electrons. The molecule has 1 saturated heterocycles. The van der Waals surface area contributed by atoms with E-state index in [1.807, 2.05) is 0 Å². The Balaban J connectivity index is 1.84. The molecule has 4 rings (SSSR count). The van der Waals surface area contributed by atoms with Crippen LogP contribution in [0.3, 0.4) is 0 Å². The van der Waals surface area contributed by atoms with Crippen LogP contribution in [0.4, 0.5) is 0 Å². The van der Waals surface area contributed by atoms with Crippen molar-refractivity contribution in [3.63, 3.8) is 0 Å². The summed E-state index contributed by atoms with van der Waals surface area (Å²) in [7, 11) is 0. The Morgan fingerprint density at radius 3 is 2.33 bits per heavy atom. The molecule has 1 aliphatic heterocycles. The molecule has 1 fully saturated rings. The van der Waals surface area contributed by atoms with E-state index in [1.54, 1.807) is 0 Å². The van der Waals surface area contributed by atoms with Gasteiger partial charge in [0.25, 0.3) is 0 Å². The summed E-state index contributed by atoms with van der Waals surface area (Å²) in [6, 6.07) is 5.32. The summed E-state index contributed by atoms with van der Waals surface area (Å²) in [6.07, 6.45) is -8.54. The molecular weight excluding hydrogens is 484 g/mol. The fourth-order valence-electron chi connectivity index (χ4n) is 3.70. The van der Waals surface area contributed by atoms with Crippen molar-refractivity contribution < 1.29 is 59.2 Å². The molecule has 0 unspecified atom stereocenters. The van der Waals surface area contributed by atoms with Gasteiger partial charge in [0.2, 0.25) is 17.5 Å². The van der Waals surface area contributed by atoms with Crippen molar-refractivity contribution in [1.82, 2.24) is 0 Å². The third-order valence-electron chi connectivity index (χ3n) is 5.51. The largest absolute Gasteiger partial charge is 0.508 e. The number of aliphatic hydroxyl groups excluding tert-OH is 3. The maximum absolute atomic E-state index is 13.4. The second-order valence-corrected chi connectivity index (χ2v) is 8.07. The molecule has 13 heteroatoms. The number of phenolic OH excluding ortho intramolecular Hbond substituents is 4. The highest BCUT2D eigenvalue weighted by Gasteiger charge is 2.46. The number of ether oxygens (including phenoxy) is 3. The Labute approximate surface area is 201 Å². The van der Waals surface area contributed by atoms with E-state index in [0.717, 1.165) is 31.2 Å². The first-order chi connectivity index (χ1) is 17.0. The number of phenols is 4. The average Bonchev–Trinajstić information content (AvgIpc) is 2.81. The van der Waals surface area contributed by atoms with Gasteiger partial charge in [-0.05, 0) is 18.2 Å². The predicted molar refractivity (Wildman–Crippen MR) is 119 cm³/mol. The van der Waals surface area contributed by atoms with Gasteiger partial charge in [0.1, 0.15) is 53.5 Å². The number of hydrogen-bond acceptors (Lipinski definition) is 13. The topological polar surface area (TPSA) is 217 Å². The fraction of sp³-hybridized carbons (Fsp3) is 0.304. The molecule has 0 radical (unpaired) electrons. The SMILES string of the molecule is CC(=O)OC[C@H]1O[C@@H](Oc2c(-c3ccc(O)c(O)c3)oc3cc(O)cc(O)c3c2=O)[C@@H](O)[C@@H](O)[C@H]1O. The van der Waals surface area contributed by atoms with Crippen LogP contribution in [0.25, 0.3) is 22.3 Å². The maximum Gasteiger partial charge on any atom is 0.302 e. The fourth-order valence-corrected chi connectivity index (χ4v) is 3.70. The number of aliphatic hydroxyl groups is 3. The summed E-state index contributed by atoms with van der Waals surface area (Å²) < 4.78 is 21.5. The Hall–Kier alpha value is -4.04. The summed E-state index contributed by atoms with van der Waals surface area (Å²) in [4.78, 5) is 24.5. The van der Waals surface area contributed by atoms with E-state index in [4.69, 9.17) is 18.6 Å². The number of carbonyl (C=O) groups excluding carboxylic acids is 1. The normalized spacial score (nSPS) is 23.9. The average molecular weight is 506 g/mol. The van der Waals surface area contributed by atoms with Crippen molar-refractivity contribution in [2.75, 3.05) is 6.61 Å². The van der Waals surface area contributed by atoms with Crippen molar-refractivity contribution >= 4 is 16.9 Å². The number of benzene rings is 2. The quantitative estimate of drug-likeness (QED) is 0.180. The van der Waals surface area contributed by atoms with Crippen LogP contribution in [0.15, 0.2) is 39.5 Å². The van der Waals surface area contributed by atoms with Crippen LogP contribution in [0, 0.1) is 0 Å². The Morgan fingerprint density at radius 2 is 1.67 bits per heavy atom. The molecule has 3 aromatic rings. The van der Waals surface area contributed by atoms with Crippen LogP contribution in [0.2, 0.25) is 0 Å². The molecule has 0 saturated carbocycles. The van der Waals surface area contributed by atoms with Crippen LogP contribution >= 0.6 is 0 Å². The Morgan fingerprint density at radius 1 is 0.944 bits per heavy atom. The number of aromatic hydroxyl groups is 4. The van der Waals surface area contributed by atoms with Crippen molar-refractivity contribution in [3.05, 3.63) is 40.6 Å². The maximum atomic E-state index is 13.4. The lowest BCUT2D eigenvalue weighted by molar-refractivity contribution is -0.278. The van der Waals surface area contributed by atoms with Crippen LogP contribution < -0.4 is 10.2 Å². The zero-order valence-corrected chi connectivity index (χ0v) is 18.6. The van der Waals surface area contributed by atoms with E-state index < -0.39 is 82.8 Å². The van der Waals surface area contributed by atoms with Crippen molar-refractivity contribution in [3.8, 4) is 40.1 Å². The lowest BCUT2D eigenvalue weighted by Crippen LogP contribution is -2.60. The molecule has 0 aliphatic carbocycles. The van der Waals surface area contributed by atoms with E-state index in [0.29, 0.717) is 0 Å². The molecule has 7 N–H and O–H groups in total. The first kappa shape index (κ1) is 25.1.